The number of aromatic nitrogens is 1. The van der Waals surface area contributed by atoms with Gasteiger partial charge in [0.2, 0.25) is 0 Å². The third-order valence-electron chi connectivity index (χ3n) is 2.50. The van der Waals surface area contributed by atoms with Gasteiger partial charge in [0.1, 0.15) is 5.01 Å². The number of benzene rings is 1. The van der Waals surface area contributed by atoms with Crippen LogP contribution in [-0.4, -0.2) is 4.98 Å². The van der Waals surface area contributed by atoms with Gasteiger partial charge in [-0.3, -0.25) is 0 Å². The van der Waals surface area contributed by atoms with Gasteiger partial charge in [-0.1, -0.05) is 32.0 Å². The van der Waals surface area contributed by atoms with E-state index >= 15 is 0 Å². The van der Waals surface area contributed by atoms with E-state index < -0.39 is 0 Å². The maximum atomic E-state index is 4.26. The highest BCUT2D eigenvalue weighted by Crippen LogP contribution is 2.24. The van der Waals surface area contributed by atoms with Crippen LogP contribution in [0.2, 0.25) is 0 Å². The molecule has 16 heavy (non-hydrogen) atoms. The topological polar surface area (TPSA) is 24.9 Å². The molecule has 1 heterocycles. The Hall–Kier alpha value is -1.35. The van der Waals surface area contributed by atoms with Crippen molar-refractivity contribution in [3.8, 4) is 0 Å². The second-order valence-corrected chi connectivity index (χ2v) is 5.00. The number of thiazole rings is 1. The molecule has 0 fully saturated rings. The van der Waals surface area contributed by atoms with Crippen LogP contribution in [0.1, 0.15) is 30.3 Å². The summed E-state index contributed by atoms with van der Waals surface area (Å²) in [5.41, 5.74) is 2.58. The summed E-state index contributed by atoms with van der Waals surface area (Å²) in [4.78, 5) is 4.26. The molecule has 0 radical (unpaired) electrons. The summed E-state index contributed by atoms with van der Waals surface area (Å²) in [5.74, 6) is 0.542. The Morgan fingerprint density at radius 1 is 1.31 bits per heavy atom. The quantitative estimate of drug-likeness (QED) is 0.865. The second-order valence-electron chi connectivity index (χ2n) is 4.02. The van der Waals surface area contributed by atoms with Gasteiger partial charge in [0.05, 0.1) is 6.54 Å². The Morgan fingerprint density at radius 3 is 2.81 bits per heavy atom. The van der Waals surface area contributed by atoms with Gasteiger partial charge in [-0.05, 0) is 17.5 Å². The van der Waals surface area contributed by atoms with Crippen LogP contribution >= 0.6 is 11.3 Å². The fourth-order valence-electron chi connectivity index (χ4n) is 1.67. The van der Waals surface area contributed by atoms with Crippen molar-refractivity contribution in [2.24, 2.45) is 0 Å². The van der Waals surface area contributed by atoms with Crippen LogP contribution in [0.5, 0.6) is 0 Å². The van der Waals surface area contributed by atoms with Crippen LogP contribution < -0.4 is 5.32 Å². The maximum Gasteiger partial charge on any atom is 0.112 e. The molecule has 1 aromatic heterocycles. The summed E-state index contributed by atoms with van der Waals surface area (Å²) in [6, 6.07) is 8.46. The van der Waals surface area contributed by atoms with E-state index in [-0.39, 0.29) is 0 Å². The van der Waals surface area contributed by atoms with E-state index in [9.17, 15) is 0 Å². The monoisotopic (exact) mass is 232 g/mol. The molecule has 84 valence electrons. The maximum absolute atomic E-state index is 4.26. The summed E-state index contributed by atoms with van der Waals surface area (Å²) in [7, 11) is 0. The van der Waals surface area contributed by atoms with Crippen molar-refractivity contribution < 1.29 is 0 Å². The van der Waals surface area contributed by atoms with Gasteiger partial charge < -0.3 is 5.32 Å². The zero-order valence-electron chi connectivity index (χ0n) is 9.60. The predicted octanol–water partition coefficient (Wildman–Crippen LogP) is 3.88. The van der Waals surface area contributed by atoms with E-state index in [2.05, 4.69) is 48.4 Å². The second kappa shape index (κ2) is 5.12. The van der Waals surface area contributed by atoms with Crippen LogP contribution in [0.15, 0.2) is 35.8 Å². The largest absolute Gasteiger partial charge is 0.378 e. The number of nitrogens with zero attached hydrogens (tertiary/aromatic N) is 1. The molecule has 1 N–H and O–H groups in total. The third kappa shape index (κ3) is 2.61. The Balaban J connectivity index is 2.09. The first-order chi connectivity index (χ1) is 7.77. The average Bonchev–Trinajstić information content (AvgIpc) is 2.79. The van der Waals surface area contributed by atoms with Gasteiger partial charge in [-0.25, -0.2) is 4.98 Å². The third-order valence-corrected chi connectivity index (χ3v) is 3.28. The van der Waals surface area contributed by atoms with E-state index in [4.69, 9.17) is 0 Å². The van der Waals surface area contributed by atoms with Crippen LogP contribution in [0.3, 0.4) is 0 Å². The molecule has 0 aliphatic carbocycles. The standard InChI is InChI=1S/C13H16N2S/c1-10(2)11-5-3-4-6-12(11)15-9-13-14-7-8-16-13/h3-8,10,15H,9H2,1-2H3. The van der Waals surface area contributed by atoms with Crippen molar-refractivity contribution >= 4 is 17.0 Å². The molecule has 2 aromatic rings. The highest BCUT2D eigenvalue weighted by molar-refractivity contribution is 7.09. The SMILES string of the molecule is CC(C)c1ccccc1NCc1nccs1. The first-order valence-electron chi connectivity index (χ1n) is 5.48. The number of nitrogens with one attached hydrogen (secondary N) is 1. The lowest BCUT2D eigenvalue weighted by Crippen LogP contribution is -2.02. The van der Waals surface area contributed by atoms with Crippen molar-refractivity contribution in [1.29, 1.82) is 0 Å². The molecular weight excluding hydrogens is 216 g/mol. The highest BCUT2D eigenvalue weighted by Gasteiger charge is 2.05. The molecule has 0 saturated carbocycles. The van der Waals surface area contributed by atoms with E-state index in [1.807, 2.05) is 11.6 Å². The lowest BCUT2D eigenvalue weighted by Gasteiger charge is -2.13. The predicted molar refractivity (Wildman–Crippen MR) is 70.0 cm³/mol. The molecule has 0 aliphatic rings. The van der Waals surface area contributed by atoms with Gasteiger partial charge in [-0.2, -0.15) is 0 Å². The van der Waals surface area contributed by atoms with Crippen molar-refractivity contribution in [3.05, 3.63) is 46.4 Å². The van der Waals surface area contributed by atoms with Crippen LogP contribution in [-0.2, 0) is 6.54 Å². The molecule has 2 nitrogen and oxygen atoms in total. The lowest BCUT2D eigenvalue weighted by molar-refractivity contribution is 0.865. The van der Waals surface area contributed by atoms with E-state index in [1.54, 1.807) is 11.3 Å². The fraction of sp³-hybridized carbons (Fsp3) is 0.308. The smallest absolute Gasteiger partial charge is 0.112 e. The van der Waals surface area contributed by atoms with E-state index in [1.165, 1.54) is 11.3 Å². The molecule has 3 heteroatoms. The summed E-state index contributed by atoms with van der Waals surface area (Å²) in [5, 5.41) is 6.57. The van der Waals surface area contributed by atoms with Crippen molar-refractivity contribution in [3.63, 3.8) is 0 Å². The van der Waals surface area contributed by atoms with Crippen molar-refractivity contribution in [2.45, 2.75) is 26.3 Å². The first kappa shape index (κ1) is 11.1. The number of hydrogen-bond acceptors (Lipinski definition) is 3. The Kier molecular flexibility index (Phi) is 3.57. The number of rotatable bonds is 4. The van der Waals surface area contributed by atoms with E-state index in [0.29, 0.717) is 5.92 Å². The minimum atomic E-state index is 0.542. The molecule has 0 bridgehead atoms. The summed E-state index contributed by atoms with van der Waals surface area (Å²) in [6.07, 6.45) is 1.84. The normalized spacial score (nSPS) is 10.7. The number of hydrogen-bond donors (Lipinski definition) is 1. The van der Waals surface area contributed by atoms with Gasteiger partial charge in [0, 0.05) is 17.3 Å². The molecule has 0 unspecified atom stereocenters. The molecule has 0 saturated heterocycles. The zero-order chi connectivity index (χ0) is 11.4. The first-order valence-corrected chi connectivity index (χ1v) is 6.36. The zero-order valence-corrected chi connectivity index (χ0v) is 10.4. The molecule has 0 spiro atoms. The molecular formula is C13H16N2S. The minimum Gasteiger partial charge on any atom is -0.378 e. The van der Waals surface area contributed by atoms with Gasteiger partial charge in [-0.15, -0.1) is 11.3 Å². The average molecular weight is 232 g/mol. The molecule has 0 atom stereocenters. The van der Waals surface area contributed by atoms with Crippen molar-refractivity contribution in [2.75, 3.05) is 5.32 Å². The van der Waals surface area contributed by atoms with Gasteiger partial charge in [0.15, 0.2) is 0 Å². The van der Waals surface area contributed by atoms with Crippen LogP contribution in [0.4, 0.5) is 5.69 Å². The van der Waals surface area contributed by atoms with Crippen molar-refractivity contribution in [1.82, 2.24) is 4.98 Å². The van der Waals surface area contributed by atoms with E-state index in [0.717, 1.165) is 11.6 Å². The molecule has 0 amide bonds. The van der Waals surface area contributed by atoms with Gasteiger partial charge in [0.25, 0.3) is 0 Å². The Labute approximate surface area is 100 Å². The molecule has 2 rings (SSSR count). The summed E-state index contributed by atoms with van der Waals surface area (Å²) in [6.45, 7) is 5.23. The number of para-hydroxylation sites is 1. The fourth-order valence-corrected chi connectivity index (χ4v) is 2.23. The number of anilines is 1. The van der Waals surface area contributed by atoms with Crippen LogP contribution in [0, 0.1) is 0 Å². The highest BCUT2D eigenvalue weighted by atomic mass is 32.1. The summed E-state index contributed by atoms with van der Waals surface area (Å²) >= 11 is 1.68. The Morgan fingerprint density at radius 2 is 2.12 bits per heavy atom. The minimum absolute atomic E-state index is 0.542. The molecule has 0 aliphatic heterocycles. The lowest BCUT2D eigenvalue weighted by atomic mass is 10.0. The Bertz CT molecular complexity index is 435. The van der Waals surface area contributed by atoms with Gasteiger partial charge >= 0.3 is 0 Å². The summed E-state index contributed by atoms with van der Waals surface area (Å²) < 4.78 is 0. The van der Waals surface area contributed by atoms with Crippen LogP contribution in [0.25, 0.3) is 0 Å². The molecule has 1 aromatic carbocycles.